The largest absolute Gasteiger partial charge is 0.239 e. The molecule has 0 radical (unpaired) electrons. The first-order chi connectivity index (χ1) is 6.02. The highest BCUT2D eigenvalue weighted by atomic mass is 35.5. The Morgan fingerprint density at radius 2 is 1.92 bits per heavy atom. The number of rotatable bonds is 1. The van der Waals surface area contributed by atoms with Gasteiger partial charge in [-0.05, 0) is 19.9 Å². The first-order valence-corrected chi connectivity index (χ1v) is 4.56. The maximum absolute atomic E-state index is 13.2. The average Bonchev–Trinajstić information content (AvgIpc) is 2.07. The van der Waals surface area contributed by atoms with Gasteiger partial charge < -0.3 is 0 Å². The summed E-state index contributed by atoms with van der Waals surface area (Å²) in [6.07, 6.45) is 1.42. The molecule has 4 heteroatoms. The van der Waals surface area contributed by atoms with Crippen molar-refractivity contribution in [1.82, 2.24) is 10.2 Å². The fraction of sp³-hybridized carbons (Fsp3) is 0.556. The highest BCUT2D eigenvalue weighted by molar-refractivity contribution is 6.30. The zero-order chi connectivity index (χ0) is 10.5. The molecule has 1 aromatic rings. The smallest absolute Gasteiger partial charge is 0.158 e. The normalized spacial score (nSPS) is 10.3. The highest BCUT2D eigenvalue weighted by Crippen LogP contribution is 2.28. The van der Waals surface area contributed by atoms with Crippen molar-refractivity contribution < 1.29 is 4.39 Å². The first kappa shape index (κ1) is 12.3. The number of halogens is 2. The van der Waals surface area contributed by atoms with E-state index in [2.05, 4.69) is 10.2 Å². The fourth-order valence-corrected chi connectivity index (χ4v) is 1.09. The molecule has 0 aliphatic heterocycles. The summed E-state index contributed by atoms with van der Waals surface area (Å²) in [4.78, 5) is 0. The molecule has 0 aliphatic carbocycles. The van der Waals surface area contributed by atoms with Gasteiger partial charge in [0.15, 0.2) is 5.15 Å². The molecule has 1 rings (SSSR count). The van der Waals surface area contributed by atoms with E-state index < -0.39 is 5.67 Å². The second kappa shape index (κ2) is 5.12. The van der Waals surface area contributed by atoms with Crippen LogP contribution < -0.4 is 0 Å². The van der Waals surface area contributed by atoms with Crippen molar-refractivity contribution in [2.24, 2.45) is 0 Å². The number of aromatic nitrogens is 2. The third-order valence-electron chi connectivity index (χ3n) is 1.32. The maximum atomic E-state index is 13.2. The third-order valence-corrected chi connectivity index (χ3v) is 1.60. The molecule has 0 aliphatic rings. The molecule has 1 heterocycles. The van der Waals surface area contributed by atoms with Crippen LogP contribution in [0.5, 0.6) is 0 Å². The van der Waals surface area contributed by atoms with E-state index in [4.69, 9.17) is 11.6 Å². The standard InChI is InChI=1S/C7H8ClFN2.C2H6/c1-7(2,9)5-3-4-10-11-6(5)8;1-2/h3-4H,1-2H3;1-2H3. The van der Waals surface area contributed by atoms with Crippen molar-refractivity contribution in [2.75, 3.05) is 0 Å². The molecule has 0 aromatic carbocycles. The second-order valence-corrected chi connectivity index (χ2v) is 3.07. The molecule has 0 N–H and O–H groups in total. The summed E-state index contributed by atoms with van der Waals surface area (Å²) < 4.78 is 13.2. The summed E-state index contributed by atoms with van der Waals surface area (Å²) in [5, 5.41) is 7.16. The molecule has 13 heavy (non-hydrogen) atoms. The van der Waals surface area contributed by atoms with E-state index >= 15 is 0 Å². The molecule has 2 nitrogen and oxygen atoms in total. The lowest BCUT2D eigenvalue weighted by molar-refractivity contribution is 0.220. The second-order valence-electron chi connectivity index (χ2n) is 2.71. The van der Waals surface area contributed by atoms with Crippen LogP contribution in [0, 0.1) is 0 Å². The molecule has 0 spiro atoms. The van der Waals surface area contributed by atoms with Crippen LogP contribution in [0.25, 0.3) is 0 Å². The van der Waals surface area contributed by atoms with Crippen molar-refractivity contribution in [3.8, 4) is 0 Å². The monoisotopic (exact) mass is 204 g/mol. The van der Waals surface area contributed by atoms with E-state index in [9.17, 15) is 4.39 Å². The number of hydrogen-bond donors (Lipinski definition) is 0. The minimum Gasteiger partial charge on any atom is -0.239 e. The molecule has 0 saturated heterocycles. The van der Waals surface area contributed by atoms with Crippen molar-refractivity contribution in [3.05, 3.63) is 23.0 Å². The Morgan fingerprint density at radius 3 is 2.23 bits per heavy atom. The average molecular weight is 205 g/mol. The molecule has 74 valence electrons. The Bertz CT molecular complexity index is 258. The Hall–Kier alpha value is -0.700. The van der Waals surface area contributed by atoms with Gasteiger partial charge in [-0.3, -0.25) is 0 Å². The number of hydrogen-bond acceptors (Lipinski definition) is 2. The van der Waals surface area contributed by atoms with Gasteiger partial charge in [0.2, 0.25) is 0 Å². The van der Waals surface area contributed by atoms with Gasteiger partial charge in [0, 0.05) is 5.56 Å². The Labute approximate surface area is 83.1 Å². The summed E-state index contributed by atoms with van der Waals surface area (Å²) in [5.41, 5.74) is -1.08. The van der Waals surface area contributed by atoms with Gasteiger partial charge in [0.05, 0.1) is 6.20 Å². The molecule has 0 atom stereocenters. The number of nitrogens with zero attached hydrogens (tertiary/aromatic N) is 2. The zero-order valence-electron chi connectivity index (χ0n) is 8.31. The SMILES string of the molecule is CC.CC(C)(F)c1ccnnc1Cl. The lowest BCUT2D eigenvalue weighted by Gasteiger charge is -2.13. The fourth-order valence-electron chi connectivity index (χ4n) is 0.758. The Kier molecular flexibility index (Phi) is 4.85. The summed E-state index contributed by atoms with van der Waals surface area (Å²) in [6, 6.07) is 1.52. The summed E-state index contributed by atoms with van der Waals surface area (Å²) in [5.74, 6) is 0. The van der Waals surface area contributed by atoms with Gasteiger partial charge in [-0.2, -0.15) is 5.10 Å². The van der Waals surface area contributed by atoms with E-state index in [1.54, 1.807) is 0 Å². The van der Waals surface area contributed by atoms with Crippen molar-refractivity contribution >= 4 is 11.6 Å². The van der Waals surface area contributed by atoms with Crippen LogP contribution in [0.1, 0.15) is 33.3 Å². The van der Waals surface area contributed by atoms with Crippen LogP contribution in [-0.2, 0) is 5.67 Å². The van der Waals surface area contributed by atoms with Gasteiger partial charge >= 0.3 is 0 Å². The lowest BCUT2D eigenvalue weighted by Crippen LogP contribution is -2.10. The minimum atomic E-state index is -1.45. The van der Waals surface area contributed by atoms with Gasteiger partial charge in [0.25, 0.3) is 0 Å². The van der Waals surface area contributed by atoms with Crippen molar-refractivity contribution in [2.45, 2.75) is 33.4 Å². The van der Waals surface area contributed by atoms with Gasteiger partial charge in [-0.15, -0.1) is 5.10 Å². The minimum absolute atomic E-state index is 0.125. The van der Waals surface area contributed by atoms with E-state index in [0.717, 1.165) is 0 Å². The van der Waals surface area contributed by atoms with Crippen LogP contribution in [0.15, 0.2) is 12.3 Å². The van der Waals surface area contributed by atoms with Crippen LogP contribution >= 0.6 is 11.6 Å². The zero-order valence-corrected chi connectivity index (χ0v) is 9.06. The highest BCUT2D eigenvalue weighted by Gasteiger charge is 2.22. The van der Waals surface area contributed by atoms with Gasteiger partial charge in [-0.25, -0.2) is 4.39 Å². The molecule has 0 bridgehead atoms. The molecule has 0 saturated carbocycles. The van der Waals surface area contributed by atoms with Crippen LogP contribution in [0.4, 0.5) is 4.39 Å². The number of alkyl halides is 1. The molecule has 0 fully saturated rings. The van der Waals surface area contributed by atoms with E-state index in [1.165, 1.54) is 26.1 Å². The predicted molar refractivity (Wildman–Crippen MR) is 52.5 cm³/mol. The summed E-state index contributed by atoms with van der Waals surface area (Å²) in [6.45, 7) is 6.85. The lowest BCUT2D eigenvalue weighted by atomic mass is 10.0. The third kappa shape index (κ3) is 3.68. The van der Waals surface area contributed by atoms with E-state index in [0.29, 0.717) is 5.56 Å². The Balaban J connectivity index is 0.000000671. The van der Waals surface area contributed by atoms with E-state index in [-0.39, 0.29) is 5.15 Å². The topological polar surface area (TPSA) is 25.8 Å². The molecular weight excluding hydrogens is 191 g/mol. The van der Waals surface area contributed by atoms with Gasteiger partial charge in [0.1, 0.15) is 5.67 Å². The summed E-state index contributed by atoms with van der Waals surface area (Å²) >= 11 is 5.60. The maximum Gasteiger partial charge on any atom is 0.158 e. The van der Waals surface area contributed by atoms with Crippen molar-refractivity contribution in [1.29, 1.82) is 0 Å². The van der Waals surface area contributed by atoms with Crippen LogP contribution in [0.3, 0.4) is 0 Å². The predicted octanol–water partition coefficient (Wildman–Crippen LogP) is 3.36. The summed E-state index contributed by atoms with van der Waals surface area (Å²) in [7, 11) is 0. The Morgan fingerprint density at radius 1 is 1.38 bits per heavy atom. The van der Waals surface area contributed by atoms with E-state index in [1.807, 2.05) is 13.8 Å². The molecule has 0 amide bonds. The van der Waals surface area contributed by atoms with Crippen molar-refractivity contribution in [3.63, 3.8) is 0 Å². The quantitative estimate of drug-likeness (QED) is 0.701. The van der Waals surface area contributed by atoms with Crippen LogP contribution in [0.2, 0.25) is 5.15 Å². The first-order valence-electron chi connectivity index (χ1n) is 4.18. The van der Waals surface area contributed by atoms with Crippen LogP contribution in [-0.4, -0.2) is 10.2 Å². The molecule has 0 unspecified atom stereocenters. The molecule has 1 aromatic heterocycles. The molecular formula is C9H14ClFN2. The van der Waals surface area contributed by atoms with Gasteiger partial charge in [-0.1, -0.05) is 25.4 Å².